The topological polar surface area (TPSA) is 1140 Å². The summed E-state index contributed by atoms with van der Waals surface area (Å²) in [5.41, 5.74) is 0. The number of carboxylic acid groups (broad SMARTS) is 6. The van der Waals surface area contributed by atoms with E-state index in [4.69, 9.17) is 93.2 Å². The first-order chi connectivity index (χ1) is 69.0. The summed E-state index contributed by atoms with van der Waals surface area (Å²) in [7, 11) is 4.47. The molecular formula is C81H139MgNO64P2-4. The van der Waals surface area contributed by atoms with Gasteiger partial charge in [0.05, 0.1) is 114 Å². The summed E-state index contributed by atoms with van der Waals surface area (Å²) in [6.07, 6.45) is -63.7. The van der Waals surface area contributed by atoms with Crippen molar-refractivity contribution < 1.29 is 320 Å². The third-order valence-electron chi connectivity index (χ3n) is 24.4. The first-order valence-corrected chi connectivity index (χ1v) is 46.3. The number of aliphatic hydroxyl groups excluding tert-OH is 34. The van der Waals surface area contributed by atoms with E-state index in [-0.39, 0.29) is 35.9 Å². The fourth-order valence-electron chi connectivity index (χ4n) is 15.6. The van der Waals surface area contributed by atoms with Crippen molar-refractivity contribution in [2.24, 2.45) is 23.7 Å². The molecule has 0 radical (unpaired) electrons. The van der Waals surface area contributed by atoms with Crippen LogP contribution in [-0.2, 0) is 109 Å². The largest absolute Gasteiger partial charge is 2.00 e. The van der Waals surface area contributed by atoms with Crippen LogP contribution >= 0.6 is 18.5 Å². The molecule has 149 heavy (non-hydrogen) atoms. The Morgan fingerprint density at radius 2 is 0.738 bits per heavy atom. The standard InChI is InChI=1S/C22H38O18.C12H22O11.C12H23O8P.C10H18O8.C10H16O7.C8H15NO6.2C3H4O3.CH5P.Mg/c1-6-7(26)2-22(21(34)35,39-16(6)11(28)8(27)3-23)40-18-12(29)9(4-24)37-20(15(18)32)38-17-10(5-25)36-19(33)14(31)13(17)30;13-1-3-5(15)6(16)9(19)12(22-3)23-10-4(2-14)21-11(20)8(18)7(10)17;1-5-7(14)3-12(11(17)18,19-6(2)21)20-10(5)9(16)8(15)4-13;1-4-5(12)2-10(17,9(15)16)18-8(4)7(14)6(13)3-11;1-4-5(12)2-10(9(14)15)16-7(4)8(17-10)6(13)3-11;1-3(11)9-5-7(13)6(12)4(2-10)15-8(5)14;2*1-2(4)3(5)6;1-2;/h6-20,23-33H,2-5H2,1H3,(H,34,35);3-20H,1-2H2;5-10,13-16H,3-4,21H2,1-2H3,(H,17,18);4-8,11-14,17H,2-3H2,1H3,(H,15,16);4-8,11-13H,2-3H2,1H3,(H,14,15);4-8,10,12-14H,2H2,1H3,(H,9,11);2*1H3,(H,5,6);2H2,1H3;/q;;;;;;;;;+2/p-6/t6-,7-,8-,9?,10?,11-,12+,13-,14?,15?,16?,17-,18+,19?,20+,22+;3?,4?,5-,6-,7+,8?,9?,10+,11?,12-;5-,6?,7-,8-,9-,10?,12+;4-,5-,6-,7-,8?,10?;4-,5-,6-,7?,8?,10+;4?,5?,6-,7-,8?;;;;/m101111..../s1/i;;;;;;;;1T;. The Labute approximate surface area is 867 Å². The van der Waals surface area contributed by atoms with Gasteiger partial charge in [0.2, 0.25) is 29.1 Å². The minimum Gasteiger partial charge on any atom is -0.544 e. The number of Topliss-reactive ketones (excluding diaryl/α,β-unsaturated/α-hetero) is 2. The van der Waals surface area contributed by atoms with E-state index in [9.17, 15) is 227 Å². The maximum Gasteiger partial charge on any atom is 2.00 e. The molecule has 52 atom stereocenters. The fourth-order valence-corrected chi connectivity index (χ4v) is 15.8. The van der Waals surface area contributed by atoms with Crippen molar-refractivity contribution in [3.05, 3.63) is 0 Å². The third kappa shape index (κ3) is 37.5. The molecule has 10 fully saturated rings. The normalized spacial score (nSPS) is 41.3. The molecule has 0 aromatic rings. The average molecular weight is 2240 g/mol. The van der Waals surface area contributed by atoms with Crippen LogP contribution in [0, 0.1) is 23.7 Å². The quantitative estimate of drug-likeness (QED) is 0.0174. The minimum absolute atomic E-state index is 0. The molecule has 868 valence electrons. The zero-order valence-electron chi connectivity index (χ0n) is 81.8. The van der Waals surface area contributed by atoms with Gasteiger partial charge in [-0.1, -0.05) is 34.3 Å². The number of aliphatic hydroxyl groups is 35. The monoisotopic (exact) mass is 2240 g/mol. The van der Waals surface area contributed by atoms with Gasteiger partial charge in [-0.2, -0.15) is 0 Å². The van der Waals surface area contributed by atoms with Crippen molar-refractivity contribution in [3.63, 3.8) is 0 Å². The molecule has 10 rings (SSSR count). The van der Waals surface area contributed by atoms with Gasteiger partial charge < -0.3 is 310 Å². The molecule has 0 aliphatic carbocycles. The summed E-state index contributed by atoms with van der Waals surface area (Å²) < 4.78 is 78.7. The number of nitrogens with one attached hydrogen (secondary N) is 1. The zero-order chi connectivity index (χ0) is 115. The molecule has 1 amide bonds. The van der Waals surface area contributed by atoms with Gasteiger partial charge in [-0.15, -0.1) is 18.5 Å². The third-order valence-corrected chi connectivity index (χ3v) is 24.6. The summed E-state index contributed by atoms with van der Waals surface area (Å²) >= 11 is 0. The van der Waals surface area contributed by atoms with Gasteiger partial charge in [0.15, 0.2) is 43.0 Å². The van der Waals surface area contributed by atoms with Crippen molar-refractivity contribution >= 4 is 94.8 Å². The average Bonchev–Trinajstić information content (AvgIpc) is 1.58. The van der Waals surface area contributed by atoms with Crippen LogP contribution in [0.5, 0.6) is 0 Å². The van der Waals surface area contributed by atoms with Gasteiger partial charge >= 0.3 is 23.1 Å². The number of ketones is 2. The molecule has 36 N–H and O–H groups in total. The molecule has 10 aliphatic heterocycles. The molecule has 0 aromatic carbocycles. The van der Waals surface area contributed by atoms with Crippen LogP contribution in [0.4, 0.5) is 0 Å². The van der Waals surface area contributed by atoms with Crippen LogP contribution in [0.3, 0.4) is 0 Å². The Bertz CT molecular complexity index is 3980. The van der Waals surface area contributed by atoms with Gasteiger partial charge in [-0.25, -0.2) is 0 Å². The number of aliphatic carboxylic acids is 6. The summed E-state index contributed by atoms with van der Waals surface area (Å²) in [6, 6.07) is -1.10. The molecule has 0 saturated carbocycles. The molecule has 0 spiro atoms. The van der Waals surface area contributed by atoms with Gasteiger partial charge in [-0.3, -0.25) is 14.4 Å². The van der Waals surface area contributed by atoms with E-state index in [0.29, 0.717) is 6.64 Å². The SMILES string of the molecule is CC(=O)C(=O)[O-].CC(=O)C(=O)[O-].CC(=O)NC1C(O)OC(CO)[C@@H](O)[C@@H]1O.CC(P)O[C@@]1(C(=O)[O-])C[C@@H](O)[C@@H](C)C([C@H](O)[C@H](O)CO)O1.C[C@H]1C([C@H](O)[C@H](O)CO)OC(O)(C(=O)[O-])C[C@H]1O.C[C@H]1C([C@H](O)[C@H](O)CO)O[C@@](O[C@@H]2C(O)[C@H](O[C@@H]3C(CO)OC(O)C(O)[C@H]3O)OC(CO)[C@@H]2O)(C(=O)[O-])C[C@H]1O.C[C@H]1C2O[C@@](C(=O)[O-])(C[C@H]1O)OC2[C@H](O)CO.OCC1OC(O)C(O)[C@@H](O)[C@@H]1O[C@@H]1OC(CO)[C@H](O)[C@H](O)C1O.[3H]CP.[Mg+2]. The van der Waals surface area contributed by atoms with Gasteiger partial charge in [-0.05, 0) is 6.92 Å². The van der Waals surface area contributed by atoms with Crippen molar-refractivity contribution in [1.82, 2.24) is 5.32 Å². The second-order valence-corrected chi connectivity index (χ2v) is 36.1. The summed E-state index contributed by atoms with van der Waals surface area (Å²) in [5.74, 6) is -26.3. The number of rotatable bonds is 31. The van der Waals surface area contributed by atoms with E-state index in [0.717, 1.165) is 13.8 Å². The van der Waals surface area contributed by atoms with Gasteiger partial charge in [0.1, 0.15) is 207 Å². The number of ether oxygens (including phenoxy) is 14. The van der Waals surface area contributed by atoms with E-state index >= 15 is 0 Å². The Morgan fingerprint density at radius 3 is 1.09 bits per heavy atom. The van der Waals surface area contributed by atoms with E-state index < -0.39 is 429 Å². The van der Waals surface area contributed by atoms with Crippen LogP contribution in [0.15, 0.2) is 0 Å². The number of carbonyl (C=O) groups excluding carboxylic acids is 9. The van der Waals surface area contributed by atoms with Crippen LogP contribution in [0.1, 0.15) is 82.4 Å². The number of hydrogen-bond acceptors (Lipinski definition) is 64. The van der Waals surface area contributed by atoms with E-state index in [1.165, 1.54) is 27.7 Å². The molecule has 10 heterocycles. The van der Waals surface area contributed by atoms with E-state index in [2.05, 4.69) is 23.8 Å². The Balaban J connectivity index is 0.000000900. The van der Waals surface area contributed by atoms with Crippen LogP contribution in [0.25, 0.3) is 0 Å². The molecule has 65 nitrogen and oxygen atoms in total. The van der Waals surface area contributed by atoms with Crippen molar-refractivity contribution in [2.75, 3.05) is 66.1 Å². The molecule has 0 aromatic heterocycles. The van der Waals surface area contributed by atoms with Crippen molar-refractivity contribution in [3.8, 4) is 0 Å². The predicted molar refractivity (Wildman–Crippen MR) is 464 cm³/mol. The maximum absolute atomic E-state index is 12.3. The van der Waals surface area contributed by atoms with Crippen molar-refractivity contribution in [1.29, 1.82) is 0 Å². The van der Waals surface area contributed by atoms with Crippen molar-refractivity contribution in [2.45, 2.75) is 361 Å². The predicted octanol–water partition coefficient (Wildman–Crippen LogP) is -30.1. The number of fused-ring (bicyclic) bond motifs is 2. The first kappa shape index (κ1) is 140. The smallest absolute Gasteiger partial charge is 0.544 e. The zero-order valence-corrected chi connectivity index (χ0v) is 84.5. The molecular weight excluding hydrogens is 2100 g/mol. The van der Waals surface area contributed by atoms with Gasteiger partial charge in [0, 0.05) is 71.5 Å². The Morgan fingerprint density at radius 1 is 0.396 bits per heavy atom. The maximum atomic E-state index is 12.3. The molecule has 10 aliphatic rings. The second kappa shape index (κ2) is 64.4. The molecule has 22 unspecified atom stereocenters. The number of hydrogen-bond donors (Lipinski definition) is 36. The molecule has 10 saturated heterocycles. The van der Waals surface area contributed by atoms with Crippen LogP contribution in [-0.4, -0.2) is 601 Å². The number of carboxylic acids is 6. The van der Waals surface area contributed by atoms with Crippen LogP contribution in [0.2, 0.25) is 0 Å². The minimum atomic E-state index is -2.97. The summed E-state index contributed by atoms with van der Waals surface area (Å²) in [5, 5.41) is 404. The number of amides is 1. The Kier molecular flexibility index (Phi) is 60.6. The van der Waals surface area contributed by atoms with E-state index in [1.54, 1.807) is 13.8 Å². The number of carbonyl (C=O) groups is 9. The van der Waals surface area contributed by atoms with E-state index in [1.807, 2.05) is 0 Å². The summed E-state index contributed by atoms with van der Waals surface area (Å²) in [6.45, 7) is 4.39. The Hall–Kier alpha value is -4.70. The second-order valence-electron chi connectivity index (χ2n) is 35.2. The summed E-state index contributed by atoms with van der Waals surface area (Å²) in [4.78, 5) is 93.6. The molecule has 68 heteroatoms. The fraction of sp³-hybridized carbons (Fsp3) is 0.889. The van der Waals surface area contributed by atoms with Crippen LogP contribution < -0.4 is 36.0 Å². The first-order valence-electron chi connectivity index (χ1n) is 45.6. The molecule has 2 bridgehead atoms. The van der Waals surface area contributed by atoms with Gasteiger partial charge in [0.25, 0.3) is 0 Å².